The van der Waals surface area contributed by atoms with Crippen LogP contribution in [-0.2, 0) is 10.8 Å². The van der Waals surface area contributed by atoms with Crippen molar-refractivity contribution in [2.75, 3.05) is 4.90 Å². The minimum atomic E-state index is -0.165. The fourth-order valence-corrected chi connectivity index (χ4v) is 12.3. The van der Waals surface area contributed by atoms with Crippen molar-refractivity contribution in [3.63, 3.8) is 0 Å². The molecule has 5 aliphatic rings. The van der Waals surface area contributed by atoms with E-state index in [-0.39, 0.29) is 5.41 Å². The molecule has 13 rings (SSSR count). The third-order valence-corrected chi connectivity index (χ3v) is 14.6. The van der Waals surface area contributed by atoms with Crippen LogP contribution in [0.1, 0.15) is 69.1 Å². The maximum Gasteiger partial charge on any atom is 0.137 e. The Kier molecular flexibility index (Phi) is 7.20. The fraction of sp³-hybridized carbons (Fsp3) is 0.236. The normalized spacial score (nSPS) is 22.5. The molecular formula is C55H47NO. The van der Waals surface area contributed by atoms with Gasteiger partial charge in [-0.05, 0) is 160 Å². The lowest BCUT2D eigenvalue weighted by atomic mass is 9.48. The van der Waals surface area contributed by atoms with Crippen molar-refractivity contribution in [1.29, 1.82) is 0 Å². The summed E-state index contributed by atoms with van der Waals surface area (Å²) in [5.74, 6) is 2.89. The van der Waals surface area contributed by atoms with Gasteiger partial charge in [0.25, 0.3) is 0 Å². The topological polar surface area (TPSA) is 16.4 Å². The van der Waals surface area contributed by atoms with Gasteiger partial charge in [-0.25, -0.2) is 0 Å². The van der Waals surface area contributed by atoms with E-state index in [0.29, 0.717) is 5.41 Å². The third kappa shape index (κ3) is 5.22. The summed E-state index contributed by atoms with van der Waals surface area (Å²) >= 11 is 0. The first-order valence-electron chi connectivity index (χ1n) is 21.2. The SMILES string of the molecule is CC1(C)c2cc(-c3ccc(C45CC6CC(CC(C6)C4)C5)cc3)ccc2-c2ccc(N(c3ccc(-c4ccccc4)cc3)c3ccc4c(c3)oc3ccccc34)cc21. The Balaban J connectivity index is 0.910. The van der Waals surface area contributed by atoms with Gasteiger partial charge in [0, 0.05) is 39.3 Å². The first-order chi connectivity index (χ1) is 27.9. The highest BCUT2D eigenvalue weighted by atomic mass is 16.3. The average Bonchev–Trinajstić information content (AvgIpc) is 3.72. The van der Waals surface area contributed by atoms with E-state index >= 15 is 0 Å². The van der Waals surface area contributed by atoms with Crippen LogP contribution in [0, 0.1) is 17.8 Å². The number of nitrogens with zero attached hydrogens (tertiary/aromatic N) is 1. The summed E-state index contributed by atoms with van der Waals surface area (Å²) in [7, 11) is 0. The molecule has 0 atom stereocenters. The van der Waals surface area contributed by atoms with Crippen LogP contribution in [0.15, 0.2) is 162 Å². The van der Waals surface area contributed by atoms with Gasteiger partial charge < -0.3 is 9.32 Å². The molecule has 1 heterocycles. The standard InChI is InChI=1S/C55H47NO/c1-54(2)50-29-41(40-12-17-42(18-13-40)55-32-35-26-36(33-55)28-37(27-35)34-55)16-23-46(50)47-24-21-44(30-51(47)54)56(43-19-14-39(15-20-43)38-8-4-3-5-9-38)45-22-25-49-48-10-6-7-11-52(48)57-53(49)31-45/h3-25,29-31,35-37H,26-28,32-34H2,1-2H3. The van der Waals surface area contributed by atoms with Crippen LogP contribution in [0.25, 0.3) is 55.3 Å². The van der Waals surface area contributed by atoms with E-state index in [0.717, 1.165) is 56.8 Å². The summed E-state index contributed by atoms with van der Waals surface area (Å²) in [5, 5.41) is 2.28. The molecule has 4 bridgehead atoms. The highest BCUT2D eigenvalue weighted by Crippen LogP contribution is 2.61. The Morgan fingerprint density at radius 2 is 0.982 bits per heavy atom. The number of benzene rings is 7. The molecule has 5 aliphatic carbocycles. The molecular weight excluding hydrogens is 691 g/mol. The first kappa shape index (κ1) is 33.3. The zero-order valence-electron chi connectivity index (χ0n) is 32.8. The molecule has 2 nitrogen and oxygen atoms in total. The third-order valence-electron chi connectivity index (χ3n) is 14.6. The molecule has 0 aliphatic heterocycles. The number of fused-ring (bicyclic) bond motifs is 6. The Bertz CT molecular complexity index is 2810. The van der Waals surface area contributed by atoms with Crippen LogP contribution >= 0.6 is 0 Å². The van der Waals surface area contributed by atoms with E-state index in [9.17, 15) is 0 Å². The number of anilines is 3. The van der Waals surface area contributed by atoms with Gasteiger partial charge in [-0.3, -0.25) is 0 Å². The van der Waals surface area contributed by atoms with Crippen molar-refractivity contribution in [2.24, 2.45) is 17.8 Å². The van der Waals surface area contributed by atoms with E-state index in [2.05, 4.69) is 170 Å². The highest BCUT2D eigenvalue weighted by molar-refractivity contribution is 6.06. The van der Waals surface area contributed by atoms with Crippen LogP contribution in [0.4, 0.5) is 17.1 Å². The Morgan fingerprint density at radius 1 is 0.456 bits per heavy atom. The Labute approximate surface area is 335 Å². The Hall–Kier alpha value is -5.86. The molecule has 4 fully saturated rings. The first-order valence-corrected chi connectivity index (χ1v) is 21.2. The summed E-state index contributed by atoms with van der Waals surface area (Å²) < 4.78 is 6.42. The number of hydrogen-bond donors (Lipinski definition) is 0. The number of para-hydroxylation sites is 1. The summed E-state index contributed by atoms with van der Waals surface area (Å²) in [6, 6.07) is 58.7. The minimum absolute atomic E-state index is 0.165. The van der Waals surface area contributed by atoms with Gasteiger partial charge in [-0.15, -0.1) is 0 Å². The van der Waals surface area contributed by atoms with Crippen molar-refractivity contribution in [2.45, 2.75) is 63.2 Å². The van der Waals surface area contributed by atoms with Gasteiger partial charge in [-0.1, -0.05) is 117 Å². The van der Waals surface area contributed by atoms with Crippen molar-refractivity contribution in [3.05, 3.63) is 174 Å². The molecule has 0 spiro atoms. The molecule has 7 aromatic carbocycles. The van der Waals surface area contributed by atoms with Crippen LogP contribution in [0.2, 0.25) is 0 Å². The predicted molar refractivity (Wildman–Crippen MR) is 237 cm³/mol. The number of rotatable bonds is 6. The molecule has 0 radical (unpaired) electrons. The van der Waals surface area contributed by atoms with Gasteiger partial charge >= 0.3 is 0 Å². The maximum absolute atomic E-state index is 6.42. The second-order valence-corrected chi connectivity index (χ2v) is 18.4. The monoisotopic (exact) mass is 737 g/mol. The summed E-state index contributed by atoms with van der Waals surface area (Å²) in [6.07, 6.45) is 8.71. The van der Waals surface area contributed by atoms with E-state index in [1.165, 1.54) is 83.0 Å². The fourth-order valence-electron chi connectivity index (χ4n) is 12.3. The highest BCUT2D eigenvalue weighted by Gasteiger charge is 2.51. The van der Waals surface area contributed by atoms with Gasteiger partial charge in [0.15, 0.2) is 0 Å². The largest absolute Gasteiger partial charge is 0.456 e. The summed E-state index contributed by atoms with van der Waals surface area (Å²) in [6.45, 7) is 4.81. The molecule has 0 amide bonds. The predicted octanol–water partition coefficient (Wildman–Crippen LogP) is 15.2. The average molecular weight is 738 g/mol. The Morgan fingerprint density at radius 3 is 1.72 bits per heavy atom. The van der Waals surface area contributed by atoms with Gasteiger partial charge in [-0.2, -0.15) is 0 Å². The smallest absolute Gasteiger partial charge is 0.137 e. The van der Waals surface area contributed by atoms with Crippen LogP contribution in [0.5, 0.6) is 0 Å². The molecule has 0 unspecified atom stereocenters. The number of hydrogen-bond acceptors (Lipinski definition) is 2. The molecule has 8 aromatic rings. The van der Waals surface area contributed by atoms with E-state index in [1.807, 2.05) is 6.07 Å². The number of furan rings is 1. The van der Waals surface area contributed by atoms with Gasteiger partial charge in [0.2, 0.25) is 0 Å². The lowest BCUT2D eigenvalue weighted by Gasteiger charge is -2.57. The molecule has 0 saturated heterocycles. The van der Waals surface area contributed by atoms with Gasteiger partial charge in [0.05, 0.1) is 0 Å². The molecule has 0 N–H and O–H groups in total. The molecule has 57 heavy (non-hydrogen) atoms. The second-order valence-electron chi connectivity index (χ2n) is 18.4. The summed E-state index contributed by atoms with van der Waals surface area (Å²) in [4.78, 5) is 2.39. The van der Waals surface area contributed by atoms with E-state index < -0.39 is 0 Å². The van der Waals surface area contributed by atoms with E-state index in [1.54, 1.807) is 5.56 Å². The minimum Gasteiger partial charge on any atom is -0.456 e. The lowest BCUT2D eigenvalue weighted by molar-refractivity contribution is -0.00518. The molecule has 1 aromatic heterocycles. The molecule has 2 heteroatoms. The van der Waals surface area contributed by atoms with Gasteiger partial charge in [0.1, 0.15) is 11.2 Å². The van der Waals surface area contributed by atoms with Crippen LogP contribution < -0.4 is 4.90 Å². The molecule has 278 valence electrons. The zero-order chi connectivity index (χ0) is 37.9. The van der Waals surface area contributed by atoms with Crippen molar-refractivity contribution in [1.82, 2.24) is 0 Å². The second kappa shape index (κ2) is 12.3. The summed E-state index contributed by atoms with van der Waals surface area (Å²) in [5.41, 5.74) is 17.5. The van der Waals surface area contributed by atoms with Crippen LogP contribution in [-0.4, -0.2) is 0 Å². The maximum atomic E-state index is 6.42. The van der Waals surface area contributed by atoms with Crippen molar-refractivity contribution < 1.29 is 4.42 Å². The van der Waals surface area contributed by atoms with Crippen molar-refractivity contribution >= 4 is 39.0 Å². The zero-order valence-corrected chi connectivity index (χ0v) is 32.8. The van der Waals surface area contributed by atoms with Crippen LogP contribution in [0.3, 0.4) is 0 Å². The quantitative estimate of drug-likeness (QED) is 0.169. The molecule has 4 saturated carbocycles. The lowest BCUT2D eigenvalue weighted by Crippen LogP contribution is -2.48. The van der Waals surface area contributed by atoms with E-state index in [4.69, 9.17) is 4.42 Å². The van der Waals surface area contributed by atoms with Crippen molar-refractivity contribution in [3.8, 4) is 33.4 Å².